The molecule has 25 heavy (non-hydrogen) atoms. The number of aryl methyl sites for hydroxylation is 1. The molecule has 0 aliphatic carbocycles. The van der Waals surface area contributed by atoms with Crippen LogP contribution in [0.25, 0.3) is 0 Å². The first-order valence-corrected chi connectivity index (χ1v) is 8.93. The van der Waals surface area contributed by atoms with Gasteiger partial charge in [0.25, 0.3) is 0 Å². The number of hydrogen-bond acceptors (Lipinski definition) is 4. The third kappa shape index (κ3) is 4.79. The molecule has 1 amide bonds. The number of hydrogen-bond donors (Lipinski definition) is 1. The van der Waals surface area contributed by atoms with Gasteiger partial charge in [0, 0.05) is 26.2 Å². The van der Waals surface area contributed by atoms with Crippen LogP contribution >= 0.6 is 0 Å². The van der Waals surface area contributed by atoms with Crippen molar-refractivity contribution in [2.24, 2.45) is 0 Å². The Morgan fingerprint density at radius 3 is 2.40 bits per heavy atom. The highest BCUT2D eigenvalue weighted by molar-refractivity contribution is 5.92. The van der Waals surface area contributed by atoms with Crippen molar-refractivity contribution in [2.45, 2.75) is 20.3 Å². The summed E-state index contributed by atoms with van der Waals surface area (Å²) in [6.07, 6.45) is 2.12. The van der Waals surface area contributed by atoms with Gasteiger partial charge in [-0.15, -0.1) is 0 Å². The van der Waals surface area contributed by atoms with Gasteiger partial charge in [-0.05, 0) is 31.2 Å². The molecule has 1 aromatic carbocycles. The van der Waals surface area contributed by atoms with E-state index < -0.39 is 0 Å². The zero-order chi connectivity index (χ0) is 17.6. The summed E-state index contributed by atoms with van der Waals surface area (Å²) in [5, 5.41) is 2.92. The molecule has 0 atom stereocenters. The standard InChI is InChI=1S/C20H26N4O/c1-3-23-10-12-24(13-11-23)19-9-8-18(15-21-19)22-20(25)14-17-6-4-16(2)5-7-17/h4-9,15H,3,10-14H2,1-2H3,(H,22,25). The van der Waals surface area contributed by atoms with Crippen LogP contribution in [0.1, 0.15) is 18.1 Å². The Morgan fingerprint density at radius 2 is 1.80 bits per heavy atom. The van der Waals surface area contributed by atoms with Crippen LogP contribution in [0, 0.1) is 6.92 Å². The average molecular weight is 338 g/mol. The fourth-order valence-electron chi connectivity index (χ4n) is 3.04. The average Bonchev–Trinajstić information content (AvgIpc) is 2.64. The molecular weight excluding hydrogens is 312 g/mol. The molecular formula is C20H26N4O. The number of nitrogens with zero attached hydrogens (tertiary/aromatic N) is 3. The van der Waals surface area contributed by atoms with E-state index in [-0.39, 0.29) is 5.91 Å². The molecule has 1 saturated heterocycles. The molecule has 0 unspecified atom stereocenters. The Kier molecular flexibility index (Phi) is 5.66. The highest BCUT2D eigenvalue weighted by Gasteiger charge is 2.16. The second-order valence-corrected chi connectivity index (χ2v) is 6.54. The molecule has 132 valence electrons. The second-order valence-electron chi connectivity index (χ2n) is 6.54. The molecule has 5 nitrogen and oxygen atoms in total. The Labute approximate surface area is 149 Å². The Hall–Kier alpha value is -2.40. The molecule has 3 rings (SSSR count). The normalized spacial score (nSPS) is 15.2. The molecule has 0 radical (unpaired) electrons. The third-order valence-corrected chi connectivity index (χ3v) is 4.66. The quantitative estimate of drug-likeness (QED) is 0.911. The monoisotopic (exact) mass is 338 g/mol. The summed E-state index contributed by atoms with van der Waals surface area (Å²) in [5.41, 5.74) is 2.96. The maximum absolute atomic E-state index is 12.2. The summed E-state index contributed by atoms with van der Waals surface area (Å²) in [6, 6.07) is 12.0. The smallest absolute Gasteiger partial charge is 0.228 e. The SMILES string of the molecule is CCN1CCN(c2ccc(NC(=O)Cc3ccc(C)cc3)cn2)CC1. The Balaban J connectivity index is 1.53. The number of carbonyl (C=O) groups is 1. The van der Waals surface area contributed by atoms with Crippen molar-refractivity contribution in [2.75, 3.05) is 42.9 Å². The molecule has 2 heterocycles. The Bertz CT molecular complexity index is 689. The van der Waals surface area contributed by atoms with Crippen LogP contribution in [0.4, 0.5) is 11.5 Å². The summed E-state index contributed by atoms with van der Waals surface area (Å²) in [4.78, 5) is 21.4. The van der Waals surface area contributed by atoms with Crippen LogP contribution in [0.15, 0.2) is 42.6 Å². The van der Waals surface area contributed by atoms with Gasteiger partial charge in [-0.1, -0.05) is 36.8 Å². The van der Waals surface area contributed by atoms with Crippen LogP contribution in [-0.2, 0) is 11.2 Å². The lowest BCUT2D eigenvalue weighted by molar-refractivity contribution is -0.115. The molecule has 5 heteroatoms. The molecule has 0 saturated carbocycles. The minimum atomic E-state index is -0.0186. The fourth-order valence-corrected chi connectivity index (χ4v) is 3.04. The number of benzene rings is 1. The van der Waals surface area contributed by atoms with Crippen LogP contribution in [-0.4, -0.2) is 48.5 Å². The van der Waals surface area contributed by atoms with Crippen molar-refractivity contribution in [3.8, 4) is 0 Å². The molecule has 1 N–H and O–H groups in total. The number of anilines is 2. The Morgan fingerprint density at radius 1 is 1.08 bits per heavy atom. The number of pyridine rings is 1. The minimum Gasteiger partial charge on any atom is -0.354 e. The molecule has 1 aliphatic heterocycles. The lowest BCUT2D eigenvalue weighted by atomic mass is 10.1. The van der Waals surface area contributed by atoms with E-state index in [1.807, 2.05) is 43.3 Å². The fraction of sp³-hybridized carbons (Fsp3) is 0.400. The lowest BCUT2D eigenvalue weighted by Crippen LogP contribution is -2.46. The van der Waals surface area contributed by atoms with E-state index in [1.165, 1.54) is 5.56 Å². The number of aromatic nitrogens is 1. The maximum Gasteiger partial charge on any atom is 0.228 e. The van der Waals surface area contributed by atoms with Crippen molar-refractivity contribution in [3.05, 3.63) is 53.7 Å². The van der Waals surface area contributed by atoms with Crippen LogP contribution in [0.3, 0.4) is 0 Å². The largest absolute Gasteiger partial charge is 0.354 e. The summed E-state index contributed by atoms with van der Waals surface area (Å²) in [6.45, 7) is 9.49. The van der Waals surface area contributed by atoms with Crippen molar-refractivity contribution in [1.29, 1.82) is 0 Å². The van der Waals surface area contributed by atoms with E-state index >= 15 is 0 Å². The van der Waals surface area contributed by atoms with E-state index in [1.54, 1.807) is 6.20 Å². The van der Waals surface area contributed by atoms with Gasteiger partial charge in [-0.25, -0.2) is 4.98 Å². The van der Waals surface area contributed by atoms with Crippen molar-refractivity contribution < 1.29 is 4.79 Å². The van der Waals surface area contributed by atoms with Crippen molar-refractivity contribution >= 4 is 17.4 Å². The minimum absolute atomic E-state index is 0.0186. The van der Waals surface area contributed by atoms with E-state index in [2.05, 4.69) is 27.0 Å². The van der Waals surface area contributed by atoms with Gasteiger partial charge < -0.3 is 15.1 Å². The summed E-state index contributed by atoms with van der Waals surface area (Å²) in [7, 11) is 0. The zero-order valence-electron chi connectivity index (χ0n) is 15.0. The van der Waals surface area contributed by atoms with Gasteiger partial charge >= 0.3 is 0 Å². The maximum atomic E-state index is 12.2. The first kappa shape index (κ1) is 17.4. The number of amides is 1. The van der Waals surface area contributed by atoms with Crippen LogP contribution < -0.4 is 10.2 Å². The lowest BCUT2D eigenvalue weighted by Gasteiger charge is -2.34. The number of piperazine rings is 1. The van der Waals surface area contributed by atoms with Gasteiger partial charge in [0.1, 0.15) is 5.82 Å². The number of likely N-dealkylation sites (N-methyl/N-ethyl adjacent to an activating group) is 1. The molecule has 1 aliphatic rings. The number of carbonyl (C=O) groups excluding carboxylic acids is 1. The van der Waals surface area contributed by atoms with Crippen molar-refractivity contribution in [1.82, 2.24) is 9.88 Å². The zero-order valence-corrected chi connectivity index (χ0v) is 15.0. The molecule has 1 aromatic heterocycles. The van der Waals surface area contributed by atoms with Crippen molar-refractivity contribution in [3.63, 3.8) is 0 Å². The third-order valence-electron chi connectivity index (χ3n) is 4.66. The second kappa shape index (κ2) is 8.12. The van der Waals surface area contributed by atoms with Gasteiger partial charge in [-0.2, -0.15) is 0 Å². The first-order chi connectivity index (χ1) is 12.1. The van der Waals surface area contributed by atoms with E-state index in [4.69, 9.17) is 0 Å². The predicted octanol–water partition coefficient (Wildman–Crippen LogP) is 2.71. The van der Waals surface area contributed by atoms with Gasteiger partial charge in [0.05, 0.1) is 18.3 Å². The van der Waals surface area contributed by atoms with E-state index in [9.17, 15) is 4.79 Å². The molecule has 0 bridgehead atoms. The summed E-state index contributed by atoms with van der Waals surface area (Å²) >= 11 is 0. The van der Waals surface area contributed by atoms with Crippen LogP contribution in [0.5, 0.6) is 0 Å². The van der Waals surface area contributed by atoms with E-state index in [0.29, 0.717) is 6.42 Å². The summed E-state index contributed by atoms with van der Waals surface area (Å²) in [5.74, 6) is 0.960. The van der Waals surface area contributed by atoms with Gasteiger partial charge in [0.15, 0.2) is 0 Å². The molecule has 0 spiro atoms. The predicted molar refractivity (Wildman–Crippen MR) is 102 cm³/mol. The highest BCUT2D eigenvalue weighted by atomic mass is 16.1. The van der Waals surface area contributed by atoms with Gasteiger partial charge in [-0.3, -0.25) is 4.79 Å². The first-order valence-electron chi connectivity index (χ1n) is 8.93. The molecule has 2 aromatic rings. The number of nitrogens with one attached hydrogen (secondary N) is 1. The summed E-state index contributed by atoms with van der Waals surface area (Å²) < 4.78 is 0. The topological polar surface area (TPSA) is 48.5 Å². The molecule has 1 fully saturated rings. The number of rotatable bonds is 5. The van der Waals surface area contributed by atoms with Crippen LogP contribution in [0.2, 0.25) is 0 Å². The van der Waals surface area contributed by atoms with Gasteiger partial charge in [0.2, 0.25) is 5.91 Å². The highest BCUT2D eigenvalue weighted by Crippen LogP contribution is 2.16. The van der Waals surface area contributed by atoms with E-state index in [0.717, 1.165) is 49.8 Å².